The Morgan fingerprint density at radius 3 is 2.46 bits per heavy atom. The fraction of sp³-hybridized carbons (Fsp3) is 0.200. The molecule has 0 radical (unpaired) electrons. The molecule has 0 aromatic heterocycles. The second kappa shape index (κ2) is 7.66. The number of carbonyl (C=O) groups is 1. The van der Waals surface area contributed by atoms with Gasteiger partial charge in [-0.3, -0.25) is 4.79 Å². The average molecular weight is 368 g/mol. The van der Waals surface area contributed by atoms with Crippen molar-refractivity contribution in [2.24, 2.45) is 4.99 Å². The normalized spacial score (nSPS) is 17.0. The number of aromatic hydroxyl groups is 1. The number of hydrogen-bond donors (Lipinski definition) is 2. The van der Waals surface area contributed by atoms with Crippen LogP contribution in [-0.4, -0.2) is 22.8 Å². The third-order valence-electron chi connectivity index (χ3n) is 3.84. The molecule has 2 aromatic rings. The summed E-state index contributed by atoms with van der Waals surface area (Å²) in [6.45, 7) is 6.23. The van der Waals surface area contributed by atoms with E-state index >= 15 is 0 Å². The number of rotatable bonds is 4. The second-order valence-electron chi connectivity index (χ2n) is 5.91. The van der Waals surface area contributed by atoms with Gasteiger partial charge in [0.1, 0.15) is 11.5 Å². The Balaban J connectivity index is 1.80. The van der Waals surface area contributed by atoms with E-state index < -0.39 is 0 Å². The molecular formula is C20H20N2O3S. The fourth-order valence-corrected chi connectivity index (χ4v) is 3.45. The molecule has 1 heterocycles. The van der Waals surface area contributed by atoms with E-state index in [9.17, 15) is 9.90 Å². The van der Waals surface area contributed by atoms with Crippen molar-refractivity contribution in [3.05, 3.63) is 58.0 Å². The van der Waals surface area contributed by atoms with Crippen LogP contribution in [0.4, 0.5) is 5.69 Å². The number of phenolic OH excluding ortho intramolecular Hbond substituents is 1. The van der Waals surface area contributed by atoms with Crippen LogP contribution in [0.15, 0.2) is 46.3 Å². The van der Waals surface area contributed by atoms with E-state index in [0.29, 0.717) is 16.7 Å². The summed E-state index contributed by atoms with van der Waals surface area (Å²) in [5.74, 6) is 0.898. The lowest BCUT2D eigenvalue weighted by atomic mass is 10.1. The molecule has 2 N–H and O–H groups in total. The van der Waals surface area contributed by atoms with Gasteiger partial charge in [-0.1, -0.05) is 0 Å². The lowest BCUT2D eigenvalue weighted by Crippen LogP contribution is -2.19. The van der Waals surface area contributed by atoms with Gasteiger partial charge in [-0.05, 0) is 91.7 Å². The van der Waals surface area contributed by atoms with Crippen molar-refractivity contribution in [2.75, 3.05) is 6.61 Å². The zero-order chi connectivity index (χ0) is 18.7. The van der Waals surface area contributed by atoms with Crippen LogP contribution in [0.5, 0.6) is 11.5 Å². The Kier molecular flexibility index (Phi) is 5.32. The Hall–Kier alpha value is -2.73. The molecule has 0 aliphatic carbocycles. The van der Waals surface area contributed by atoms with Gasteiger partial charge in [0.2, 0.25) is 0 Å². The molecule has 1 amide bonds. The summed E-state index contributed by atoms with van der Waals surface area (Å²) < 4.78 is 5.41. The summed E-state index contributed by atoms with van der Waals surface area (Å²) in [6.07, 6.45) is 1.81. The van der Waals surface area contributed by atoms with Crippen molar-refractivity contribution in [2.45, 2.75) is 20.8 Å². The summed E-state index contributed by atoms with van der Waals surface area (Å²) in [5, 5.41) is 13.2. The van der Waals surface area contributed by atoms with E-state index in [1.54, 1.807) is 6.08 Å². The summed E-state index contributed by atoms with van der Waals surface area (Å²) in [5.41, 5.74) is 3.18. The predicted molar refractivity (Wildman–Crippen MR) is 106 cm³/mol. The number of thioether (sulfide) groups is 1. The van der Waals surface area contributed by atoms with Gasteiger partial charge >= 0.3 is 0 Å². The number of ether oxygens (including phenoxy) is 1. The van der Waals surface area contributed by atoms with Crippen molar-refractivity contribution < 1.29 is 14.6 Å². The quantitative estimate of drug-likeness (QED) is 0.790. The van der Waals surface area contributed by atoms with Crippen LogP contribution >= 0.6 is 11.8 Å². The van der Waals surface area contributed by atoms with Crippen LogP contribution in [-0.2, 0) is 4.79 Å². The smallest absolute Gasteiger partial charge is 0.264 e. The van der Waals surface area contributed by atoms with Crippen LogP contribution in [0.1, 0.15) is 23.6 Å². The number of aryl methyl sites for hydroxylation is 2. The van der Waals surface area contributed by atoms with Crippen molar-refractivity contribution in [1.82, 2.24) is 5.32 Å². The maximum Gasteiger partial charge on any atom is 0.264 e. The maximum atomic E-state index is 12.2. The molecule has 134 valence electrons. The fourth-order valence-electron chi connectivity index (χ4n) is 2.61. The highest BCUT2D eigenvalue weighted by Gasteiger charge is 2.24. The largest absolute Gasteiger partial charge is 0.507 e. The highest BCUT2D eigenvalue weighted by molar-refractivity contribution is 8.18. The van der Waals surface area contributed by atoms with Gasteiger partial charge in [0.05, 0.1) is 17.2 Å². The minimum Gasteiger partial charge on any atom is -0.507 e. The number of amidine groups is 1. The summed E-state index contributed by atoms with van der Waals surface area (Å²) in [7, 11) is 0. The number of hydrogen-bond acceptors (Lipinski definition) is 5. The molecule has 0 bridgehead atoms. The average Bonchev–Trinajstić information content (AvgIpc) is 2.94. The Bertz CT molecular complexity index is 879. The summed E-state index contributed by atoms with van der Waals surface area (Å²) in [6, 6.07) is 11.1. The molecule has 1 aliphatic rings. The van der Waals surface area contributed by atoms with E-state index in [2.05, 4.69) is 10.3 Å². The number of benzene rings is 2. The molecule has 0 saturated carbocycles. The van der Waals surface area contributed by atoms with Gasteiger partial charge in [-0.25, -0.2) is 4.99 Å². The number of nitrogens with one attached hydrogen (secondary N) is 1. The van der Waals surface area contributed by atoms with Gasteiger partial charge < -0.3 is 15.2 Å². The Labute approximate surface area is 156 Å². The molecule has 26 heavy (non-hydrogen) atoms. The lowest BCUT2D eigenvalue weighted by molar-refractivity contribution is -0.115. The number of carbonyl (C=O) groups excluding carboxylic acids is 1. The van der Waals surface area contributed by atoms with E-state index in [0.717, 1.165) is 28.1 Å². The molecule has 2 aromatic carbocycles. The third kappa shape index (κ3) is 4.08. The molecular weight excluding hydrogens is 348 g/mol. The van der Waals surface area contributed by atoms with E-state index in [1.165, 1.54) is 11.8 Å². The standard InChI is InChI=1S/C20H20N2O3S/c1-4-25-16-7-5-15(6-8-16)21-20-22-19(24)17(26-20)11-14-9-12(2)18(23)13(3)10-14/h5-11,23H,4H2,1-3H3,(H,21,22,24). The molecule has 0 spiro atoms. The SMILES string of the molecule is CCOc1ccc(N=C2NC(=O)C(=Cc3cc(C)c(O)c(C)c3)S2)cc1. The van der Waals surface area contributed by atoms with Gasteiger partial charge in [0, 0.05) is 0 Å². The molecule has 6 heteroatoms. The molecule has 1 fully saturated rings. The topological polar surface area (TPSA) is 70.9 Å². The predicted octanol–water partition coefficient (Wildman–Crippen LogP) is 4.30. The van der Waals surface area contributed by atoms with Gasteiger partial charge in [-0.15, -0.1) is 0 Å². The van der Waals surface area contributed by atoms with E-state index in [-0.39, 0.29) is 11.7 Å². The van der Waals surface area contributed by atoms with Crippen molar-refractivity contribution in [3.63, 3.8) is 0 Å². The molecule has 0 unspecified atom stereocenters. The van der Waals surface area contributed by atoms with Crippen LogP contribution in [0.25, 0.3) is 6.08 Å². The summed E-state index contributed by atoms with van der Waals surface area (Å²) in [4.78, 5) is 17.2. The van der Waals surface area contributed by atoms with Gasteiger partial charge in [0.15, 0.2) is 5.17 Å². The Morgan fingerprint density at radius 2 is 1.85 bits per heavy atom. The third-order valence-corrected chi connectivity index (χ3v) is 4.75. The van der Waals surface area contributed by atoms with Gasteiger partial charge in [0.25, 0.3) is 5.91 Å². The zero-order valence-electron chi connectivity index (χ0n) is 14.9. The van der Waals surface area contributed by atoms with Crippen LogP contribution in [0.2, 0.25) is 0 Å². The Morgan fingerprint density at radius 1 is 1.19 bits per heavy atom. The first-order valence-electron chi connectivity index (χ1n) is 8.29. The number of amides is 1. The maximum absolute atomic E-state index is 12.2. The van der Waals surface area contributed by atoms with Gasteiger partial charge in [-0.2, -0.15) is 0 Å². The zero-order valence-corrected chi connectivity index (χ0v) is 15.7. The van der Waals surface area contributed by atoms with Crippen LogP contribution < -0.4 is 10.1 Å². The minimum atomic E-state index is -0.178. The first-order chi connectivity index (χ1) is 12.5. The molecule has 1 saturated heterocycles. The first kappa shape index (κ1) is 18.1. The number of phenols is 1. The first-order valence-corrected chi connectivity index (χ1v) is 9.10. The van der Waals surface area contributed by atoms with Crippen molar-refractivity contribution in [1.29, 1.82) is 0 Å². The van der Waals surface area contributed by atoms with Crippen molar-refractivity contribution >= 4 is 34.6 Å². The number of aliphatic imine (C=N–C) groups is 1. The molecule has 0 atom stereocenters. The number of nitrogens with zero attached hydrogens (tertiary/aromatic N) is 1. The summed E-state index contributed by atoms with van der Waals surface area (Å²) >= 11 is 1.30. The van der Waals surface area contributed by atoms with Crippen molar-refractivity contribution in [3.8, 4) is 11.5 Å². The molecule has 5 nitrogen and oxygen atoms in total. The molecule has 3 rings (SSSR count). The second-order valence-corrected chi connectivity index (χ2v) is 6.94. The van der Waals surface area contributed by atoms with Crippen LogP contribution in [0.3, 0.4) is 0 Å². The van der Waals surface area contributed by atoms with E-state index in [4.69, 9.17) is 4.74 Å². The highest BCUT2D eigenvalue weighted by Crippen LogP contribution is 2.30. The van der Waals surface area contributed by atoms with Crippen LogP contribution in [0, 0.1) is 13.8 Å². The highest BCUT2D eigenvalue weighted by atomic mass is 32.2. The monoisotopic (exact) mass is 368 g/mol. The molecule has 1 aliphatic heterocycles. The minimum absolute atomic E-state index is 0.178. The van der Waals surface area contributed by atoms with E-state index in [1.807, 2.05) is 57.2 Å². The lowest BCUT2D eigenvalue weighted by Gasteiger charge is -2.05.